The number of aliphatic hydroxyl groups is 1. The second-order valence-corrected chi connectivity index (χ2v) is 2.63. The van der Waals surface area contributed by atoms with Gasteiger partial charge in [0.2, 0.25) is 0 Å². The normalized spacial score (nSPS) is 20.0. The third kappa shape index (κ3) is 2.08. The summed E-state index contributed by atoms with van der Waals surface area (Å²) in [6.45, 7) is 1.13. The summed E-state index contributed by atoms with van der Waals surface area (Å²) in [5.74, 6) is 0. The number of ether oxygens (including phenoxy) is 1. The van der Waals surface area contributed by atoms with Gasteiger partial charge in [0, 0.05) is 13.1 Å². The molecule has 4 heteroatoms. The minimum absolute atomic E-state index is 0.260. The highest BCUT2D eigenvalue weighted by molar-refractivity contribution is 5.67. The second-order valence-electron chi connectivity index (χ2n) is 2.63. The van der Waals surface area contributed by atoms with E-state index in [0.29, 0.717) is 25.9 Å². The maximum Gasteiger partial charge on any atom is 0.409 e. The average Bonchev–Trinajstić information content (AvgIpc) is 2.05. The lowest BCUT2D eigenvalue weighted by Crippen LogP contribution is -2.39. The first kappa shape index (κ1) is 8.33. The monoisotopic (exact) mass is 158 g/mol. The molecule has 11 heavy (non-hydrogen) atoms. The Bertz CT molecular complexity index is 141. The molecule has 0 bridgehead atoms. The molecule has 0 aromatic rings. The van der Waals surface area contributed by atoms with Crippen LogP contribution in [0.2, 0.25) is 0 Å². The molecule has 1 fully saturated rings. The molecule has 63 valence electrons. The van der Waals surface area contributed by atoms with Crippen LogP contribution in [-0.2, 0) is 4.74 Å². The number of rotatable bonds is 0. The first-order valence-corrected chi connectivity index (χ1v) is 3.63. The van der Waals surface area contributed by atoms with Crippen LogP contribution in [0.15, 0.2) is 0 Å². The van der Waals surface area contributed by atoms with Gasteiger partial charge in [-0.3, -0.25) is 0 Å². The molecule has 0 spiro atoms. The van der Waals surface area contributed by atoms with E-state index < -0.39 is 6.09 Å². The van der Waals surface area contributed by atoms with Crippen LogP contribution in [0, 0.1) is 7.11 Å². The standard InChI is InChI=1S/C7H12NO3/c1-11-7(10)8-4-2-6(9)3-5-8/h6,9H,1-5H2. The number of hydrogen-bond acceptors (Lipinski definition) is 3. The van der Waals surface area contributed by atoms with Crippen LogP contribution < -0.4 is 0 Å². The Labute approximate surface area is 65.8 Å². The average molecular weight is 158 g/mol. The predicted octanol–water partition coefficient (Wildman–Crippen LogP) is 0.371. The van der Waals surface area contributed by atoms with Gasteiger partial charge < -0.3 is 14.7 Å². The van der Waals surface area contributed by atoms with Gasteiger partial charge >= 0.3 is 6.09 Å². The van der Waals surface area contributed by atoms with Crippen molar-refractivity contribution in [3.63, 3.8) is 0 Å². The minimum atomic E-state index is -0.406. The number of hydrogen-bond donors (Lipinski definition) is 1. The number of carbonyl (C=O) groups is 1. The van der Waals surface area contributed by atoms with E-state index in [-0.39, 0.29) is 6.10 Å². The van der Waals surface area contributed by atoms with Gasteiger partial charge in [0.25, 0.3) is 0 Å². The quantitative estimate of drug-likeness (QED) is 0.554. The van der Waals surface area contributed by atoms with Gasteiger partial charge in [-0.25, -0.2) is 4.79 Å². The maximum atomic E-state index is 10.8. The van der Waals surface area contributed by atoms with Gasteiger partial charge in [-0.15, -0.1) is 0 Å². The summed E-state index contributed by atoms with van der Waals surface area (Å²) >= 11 is 0. The Morgan fingerprint density at radius 1 is 1.55 bits per heavy atom. The molecule has 1 rings (SSSR count). The Morgan fingerprint density at radius 3 is 2.55 bits per heavy atom. The lowest BCUT2D eigenvalue weighted by atomic mass is 10.1. The van der Waals surface area contributed by atoms with E-state index in [9.17, 15) is 4.79 Å². The fraction of sp³-hybridized carbons (Fsp3) is 0.714. The van der Waals surface area contributed by atoms with E-state index in [4.69, 9.17) is 5.11 Å². The molecule has 1 amide bonds. The molecule has 0 aromatic carbocycles. The molecule has 0 atom stereocenters. The molecule has 4 nitrogen and oxygen atoms in total. The topological polar surface area (TPSA) is 49.8 Å². The fourth-order valence-corrected chi connectivity index (χ4v) is 1.14. The Morgan fingerprint density at radius 2 is 2.09 bits per heavy atom. The van der Waals surface area contributed by atoms with E-state index in [0.717, 1.165) is 0 Å². The van der Waals surface area contributed by atoms with Crippen molar-refractivity contribution < 1.29 is 14.6 Å². The van der Waals surface area contributed by atoms with Crippen molar-refractivity contribution >= 4 is 6.09 Å². The van der Waals surface area contributed by atoms with E-state index in [2.05, 4.69) is 11.8 Å². The van der Waals surface area contributed by atoms with Gasteiger partial charge in [0.05, 0.1) is 6.10 Å². The number of nitrogens with zero attached hydrogens (tertiary/aromatic N) is 1. The Balaban J connectivity index is 2.33. The molecule has 1 aliphatic rings. The summed E-state index contributed by atoms with van der Waals surface area (Å²) in [7, 11) is 3.03. The van der Waals surface area contributed by atoms with E-state index in [1.54, 1.807) is 4.90 Å². The molecule has 0 saturated carbocycles. The van der Waals surface area contributed by atoms with Crippen molar-refractivity contribution in [2.24, 2.45) is 0 Å². The molecule has 0 unspecified atom stereocenters. The van der Waals surface area contributed by atoms with Crippen molar-refractivity contribution in [1.82, 2.24) is 4.90 Å². The van der Waals surface area contributed by atoms with Crippen LogP contribution >= 0.6 is 0 Å². The molecule has 1 N–H and O–H groups in total. The summed E-state index contributed by atoms with van der Waals surface area (Å²) in [5.41, 5.74) is 0. The molecule has 0 aromatic heterocycles. The lowest BCUT2D eigenvalue weighted by molar-refractivity contribution is 0.0733. The molecule has 1 heterocycles. The van der Waals surface area contributed by atoms with Crippen LogP contribution in [0.4, 0.5) is 4.79 Å². The van der Waals surface area contributed by atoms with Gasteiger partial charge in [-0.2, -0.15) is 0 Å². The number of piperidine rings is 1. The number of amides is 1. The number of likely N-dealkylation sites (tertiary alicyclic amines) is 1. The summed E-state index contributed by atoms with van der Waals surface area (Å²) in [4.78, 5) is 12.4. The second kappa shape index (κ2) is 3.57. The summed E-state index contributed by atoms with van der Waals surface area (Å²) < 4.78 is 4.28. The van der Waals surface area contributed by atoms with Crippen molar-refractivity contribution in [3.05, 3.63) is 7.11 Å². The largest absolute Gasteiger partial charge is 0.446 e. The van der Waals surface area contributed by atoms with E-state index in [1.165, 1.54) is 0 Å². The van der Waals surface area contributed by atoms with Crippen LogP contribution in [0.3, 0.4) is 0 Å². The third-order valence-electron chi connectivity index (χ3n) is 1.85. The van der Waals surface area contributed by atoms with Crippen LogP contribution in [-0.4, -0.2) is 35.3 Å². The SMILES string of the molecule is [CH2]OC(=O)N1CCC(O)CC1. The van der Waals surface area contributed by atoms with Crippen molar-refractivity contribution in [3.8, 4) is 0 Å². The molecule has 1 saturated heterocycles. The zero-order valence-electron chi connectivity index (χ0n) is 6.32. The summed E-state index contributed by atoms with van der Waals surface area (Å²) in [6, 6.07) is 0. The van der Waals surface area contributed by atoms with E-state index >= 15 is 0 Å². The van der Waals surface area contributed by atoms with Crippen molar-refractivity contribution in [1.29, 1.82) is 0 Å². The predicted molar refractivity (Wildman–Crippen MR) is 38.7 cm³/mol. The van der Waals surface area contributed by atoms with Crippen LogP contribution in [0.25, 0.3) is 0 Å². The molecular formula is C7H12NO3. The number of carbonyl (C=O) groups excluding carboxylic acids is 1. The molecular weight excluding hydrogens is 146 g/mol. The smallest absolute Gasteiger partial charge is 0.409 e. The number of aliphatic hydroxyl groups excluding tert-OH is 1. The fourth-order valence-electron chi connectivity index (χ4n) is 1.14. The first-order valence-electron chi connectivity index (χ1n) is 3.63. The molecule has 0 aliphatic carbocycles. The van der Waals surface area contributed by atoms with Gasteiger partial charge in [0.1, 0.15) is 7.11 Å². The van der Waals surface area contributed by atoms with Gasteiger partial charge in [-0.1, -0.05) is 0 Å². The van der Waals surface area contributed by atoms with Gasteiger partial charge in [0.15, 0.2) is 0 Å². The zero-order chi connectivity index (χ0) is 8.27. The van der Waals surface area contributed by atoms with Crippen molar-refractivity contribution in [2.45, 2.75) is 18.9 Å². The summed E-state index contributed by atoms with van der Waals surface area (Å²) in [5, 5.41) is 9.09. The highest BCUT2D eigenvalue weighted by Gasteiger charge is 2.21. The minimum Gasteiger partial charge on any atom is -0.446 e. The summed E-state index contributed by atoms with van der Waals surface area (Å²) in [6.07, 6.45) is 0.602. The highest BCUT2D eigenvalue weighted by atomic mass is 16.5. The Hall–Kier alpha value is -0.770. The molecule has 1 radical (unpaired) electrons. The van der Waals surface area contributed by atoms with E-state index in [1.807, 2.05) is 0 Å². The lowest BCUT2D eigenvalue weighted by Gasteiger charge is -2.27. The van der Waals surface area contributed by atoms with Crippen LogP contribution in [0.1, 0.15) is 12.8 Å². The zero-order valence-corrected chi connectivity index (χ0v) is 6.32. The molecule has 1 aliphatic heterocycles. The van der Waals surface area contributed by atoms with Crippen LogP contribution in [0.5, 0.6) is 0 Å². The Kier molecular flexibility index (Phi) is 2.70. The van der Waals surface area contributed by atoms with Gasteiger partial charge in [-0.05, 0) is 12.8 Å². The maximum absolute atomic E-state index is 10.8. The van der Waals surface area contributed by atoms with Crippen molar-refractivity contribution in [2.75, 3.05) is 13.1 Å². The first-order chi connectivity index (χ1) is 5.24. The third-order valence-corrected chi connectivity index (χ3v) is 1.85. The highest BCUT2D eigenvalue weighted by Crippen LogP contribution is 2.10.